The summed E-state index contributed by atoms with van der Waals surface area (Å²) < 4.78 is 5.33. The summed E-state index contributed by atoms with van der Waals surface area (Å²) in [5.41, 5.74) is 7.46. The molecule has 1 fully saturated rings. The van der Waals surface area contributed by atoms with E-state index in [1.807, 2.05) is 12.1 Å². The standard InChI is InChI=1S/C15H23N3O2/c16-7-5-15(19)17-14-3-1-13(2-4-14)6-8-18-9-11-20-12-10-18/h1-4H,5-12,16H2,(H,17,19). The smallest absolute Gasteiger partial charge is 0.225 e. The zero-order valence-electron chi connectivity index (χ0n) is 11.8. The lowest BCUT2D eigenvalue weighted by atomic mass is 10.1. The predicted octanol–water partition coefficient (Wildman–Crippen LogP) is 0.849. The molecule has 1 aromatic carbocycles. The first-order chi connectivity index (χ1) is 9.78. The topological polar surface area (TPSA) is 67.6 Å². The first-order valence-electron chi connectivity index (χ1n) is 7.17. The summed E-state index contributed by atoms with van der Waals surface area (Å²) in [6.45, 7) is 5.16. The minimum Gasteiger partial charge on any atom is -0.379 e. The molecular weight excluding hydrogens is 254 g/mol. The van der Waals surface area contributed by atoms with Gasteiger partial charge in [0.2, 0.25) is 5.91 Å². The molecule has 1 heterocycles. The molecule has 0 bridgehead atoms. The van der Waals surface area contributed by atoms with E-state index in [4.69, 9.17) is 10.5 Å². The zero-order valence-corrected chi connectivity index (χ0v) is 11.8. The van der Waals surface area contributed by atoms with Gasteiger partial charge in [-0.25, -0.2) is 0 Å². The Labute approximate surface area is 120 Å². The lowest BCUT2D eigenvalue weighted by Gasteiger charge is -2.26. The van der Waals surface area contributed by atoms with Gasteiger partial charge in [-0.15, -0.1) is 0 Å². The van der Waals surface area contributed by atoms with Crippen LogP contribution in [0.2, 0.25) is 0 Å². The monoisotopic (exact) mass is 277 g/mol. The molecule has 0 aromatic heterocycles. The maximum absolute atomic E-state index is 11.4. The fourth-order valence-corrected chi connectivity index (χ4v) is 2.22. The van der Waals surface area contributed by atoms with Crippen LogP contribution in [-0.4, -0.2) is 50.2 Å². The predicted molar refractivity (Wildman–Crippen MR) is 79.7 cm³/mol. The van der Waals surface area contributed by atoms with Crippen molar-refractivity contribution < 1.29 is 9.53 Å². The highest BCUT2D eigenvalue weighted by Crippen LogP contribution is 2.11. The van der Waals surface area contributed by atoms with Gasteiger partial charge in [0, 0.05) is 38.3 Å². The SMILES string of the molecule is NCCC(=O)Nc1ccc(CCN2CCOCC2)cc1. The molecule has 1 saturated heterocycles. The second-order valence-electron chi connectivity index (χ2n) is 4.99. The van der Waals surface area contributed by atoms with Gasteiger partial charge in [-0.2, -0.15) is 0 Å². The molecule has 0 saturated carbocycles. The maximum Gasteiger partial charge on any atom is 0.225 e. The van der Waals surface area contributed by atoms with Crippen LogP contribution in [-0.2, 0) is 16.0 Å². The first kappa shape index (κ1) is 15.0. The van der Waals surface area contributed by atoms with Gasteiger partial charge < -0.3 is 15.8 Å². The third kappa shape index (κ3) is 4.92. The molecule has 20 heavy (non-hydrogen) atoms. The molecule has 5 nitrogen and oxygen atoms in total. The summed E-state index contributed by atoms with van der Waals surface area (Å²) >= 11 is 0. The van der Waals surface area contributed by atoms with E-state index in [2.05, 4.69) is 22.3 Å². The third-order valence-corrected chi connectivity index (χ3v) is 3.43. The number of carbonyl (C=O) groups excluding carboxylic acids is 1. The van der Waals surface area contributed by atoms with Gasteiger partial charge in [-0.3, -0.25) is 9.69 Å². The molecule has 0 spiro atoms. The van der Waals surface area contributed by atoms with Crippen molar-refractivity contribution in [3.63, 3.8) is 0 Å². The van der Waals surface area contributed by atoms with Gasteiger partial charge in [0.1, 0.15) is 0 Å². The Morgan fingerprint density at radius 3 is 2.60 bits per heavy atom. The van der Waals surface area contributed by atoms with Crippen molar-refractivity contribution in [1.82, 2.24) is 4.90 Å². The Morgan fingerprint density at radius 2 is 1.95 bits per heavy atom. The van der Waals surface area contributed by atoms with Crippen LogP contribution >= 0.6 is 0 Å². The van der Waals surface area contributed by atoms with Crippen molar-refractivity contribution in [2.75, 3.05) is 44.7 Å². The Hall–Kier alpha value is -1.43. The van der Waals surface area contributed by atoms with E-state index in [-0.39, 0.29) is 5.91 Å². The molecule has 5 heteroatoms. The Kier molecular flexibility index (Phi) is 5.98. The lowest BCUT2D eigenvalue weighted by molar-refractivity contribution is -0.116. The fourth-order valence-electron chi connectivity index (χ4n) is 2.22. The molecule has 3 N–H and O–H groups in total. The number of benzene rings is 1. The minimum atomic E-state index is -0.0337. The van der Waals surface area contributed by atoms with Crippen molar-refractivity contribution >= 4 is 11.6 Å². The quantitative estimate of drug-likeness (QED) is 0.809. The normalized spacial score (nSPS) is 16.1. The second-order valence-corrected chi connectivity index (χ2v) is 4.99. The number of rotatable bonds is 6. The molecule has 1 aromatic rings. The molecule has 2 rings (SSSR count). The van der Waals surface area contributed by atoms with Crippen LogP contribution in [0.25, 0.3) is 0 Å². The summed E-state index contributed by atoms with van der Waals surface area (Å²) in [6, 6.07) is 8.03. The average Bonchev–Trinajstić information content (AvgIpc) is 2.48. The Balaban J connectivity index is 1.77. The molecule has 1 aliphatic heterocycles. The molecular formula is C15H23N3O2. The highest BCUT2D eigenvalue weighted by molar-refractivity contribution is 5.90. The molecule has 1 amide bonds. The number of ether oxygens (including phenoxy) is 1. The molecule has 1 aliphatic rings. The number of nitrogens with two attached hydrogens (primary N) is 1. The molecule has 0 unspecified atom stereocenters. The third-order valence-electron chi connectivity index (χ3n) is 3.43. The van der Waals surface area contributed by atoms with Crippen LogP contribution in [0.4, 0.5) is 5.69 Å². The summed E-state index contributed by atoms with van der Waals surface area (Å²) in [5, 5.41) is 2.83. The Bertz CT molecular complexity index is 414. The van der Waals surface area contributed by atoms with Crippen LogP contribution in [0, 0.1) is 0 Å². The number of hydrogen-bond donors (Lipinski definition) is 2. The Morgan fingerprint density at radius 1 is 1.25 bits per heavy atom. The number of anilines is 1. The molecule has 0 aliphatic carbocycles. The fraction of sp³-hybridized carbons (Fsp3) is 0.533. The van der Waals surface area contributed by atoms with E-state index >= 15 is 0 Å². The van der Waals surface area contributed by atoms with Crippen molar-refractivity contribution in [1.29, 1.82) is 0 Å². The van der Waals surface area contributed by atoms with Gasteiger partial charge in [-0.05, 0) is 24.1 Å². The first-order valence-corrected chi connectivity index (χ1v) is 7.17. The van der Waals surface area contributed by atoms with Crippen LogP contribution < -0.4 is 11.1 Å². The van der Waals surface area contributed by atoms with Gasteiger partial charge in [-0.1, -0.05) is 12.1 Å². The highest BCUT2D eigenvalue weighted by atomic mass is 16.5. The van der Waals surface area contributed by atoms with E-state index in [9.17, 15) is 4.79 Å². The summed E-state index contributed by atoms with van der Waals surface area (Å²) in [5.74, 6) is -0.0337. The van der Waals surface area contributed by atoms with Gasteiger partial charge in [0.15, 0.2) is 0 Å². The number of hydrogen-bond acceptors (Lipinski definition) is 4. The molecule has 110 valence electrons. The van der Waals surface area contributed by atoms with Crippen LogP contribution in [0.1, 0.15) is 12.0 Å². The van der Waals surface area contributed by atoms with E-state index in [0.29, 0.717) is 13.0 Å². The van der Waals surface area contributed by atoms with Crippen molar-refractivity contribution in [2.24, 2.45) is 5.73 Å². The zero-order chi connectivity index (χ0) is 14.2. The largest absolute Gasteiger partial charge is 0.379 e. The number of nitrogens with one attached hydrogen (secondary N) is 1. The number of nitrogens with zero attached hydrogens (tertiary/aromatic N) is 1. The van der Waals surface area contributed by atoms with Gasteiger partial charge in [0.25, 0.3) is 0 Å². The maximum atomic E-state index is 11.4. The van der Waals surface area contributed by atoms with E-state index in [1.54, 1.807) is 0 Å². The number of carbonyl (C=O) groups is 1. The second kappa shape index (κ2) is 7.99. The average molecular weight is 277 g/mol. The summed E-state index contributed by atoms with van der Waals surface area (Å²) in [6.07, 6.45) is 1.38. The van der Waals surface area contributed by atoms with Gasteiger partial charge >= 0.3 is 0 Å². The van der Waals surface area contributed by atoms with Crippen LogP contribution in [0.3, 0.4) is 0 Å². The van der Waals surface area contributed by atoms with E-state index < -0.39 is 0 Å². The minimum absolute atomic E-state index is 0.0337. The lowest BCUT2D eigenvalue weighted by Crippen LogP contribution is -2.37. The van der Waals surface area contributed by atoms with Crippen molar-refractivity contribution in [3.8, 4) is 0 Å². The van der Waals surface area contributed by atoms with Crippen LogP contribution in [0.15, 0.2) is 24.3 Å². The molecule has 0 radical (unpaired) electrons. The van der Waals surface area contributed by atoms with E-state index in [0.717, 1.165) is 45.0 Å². The summed E-state index contributed by atoms with van der Waals surface area (Å²) in [4.78, 5) is 13.8. The van der Waals surface area contributed by atoms with Crippen molar-refractivity contribution in [3.05, 3.63) is 29.8 Å². The van der Waals surface area contributed by atoms with Gasteiger partial charge in [0.05, 0.1) is 13.2 Å². The van der Waals surface area contributed by atoms with Crippen molar-refractivity contribution in [2.45, 2.75) is 12.8 Å². The summed E-state index contributed by atoms with van der Waals surface area (Å²) in [7, 11) is 0. The number of morpholine rings is 1. The number of amides is 1. The highest BCUT2D eigenvalue weighted by Gasteiger charge is 2.09. The van der Waals surface area contributed by atoms with E-state index in [1.165, 1.54) is 5.56 Å². The van der Waals surface area contributed by atoms with Crippen LogP contribution in [0.5, 0.6) is 0 Å². The molecule has 0 atom stereocenters.